The third-order valence-electron chi connectivity index (χ3n) is 4.99. The molecule has 33 heavy (non-hydrogen) atoms. The number of aliphatic imine (C=N–C) groups is 1. The van der Waals surface area contributed by atoms with Crippen molar-refractivity contribution in [2.75, 3.05) is 7.05 Å². The number of benzene rings is 3. The SMILES string of the molecule is Cc1cccc(COc2ccc(/C=C3/SC(=Nc4cccc(C(=O)O)c4)N(C)C3=O)cc2)c1. The van der Waals surface area contributed by atoms with E-state index >= 15 is 0 Å². The highest BCUT2D eigenvalue weighted by molar-refractivity contribution is 8.18. The molecule has 1 aliphatic heterocycles. The van der Waals surface area contributed by atoms with Crippen molar-refractivity contribution in [1.29, 1.82) is 0 Å². The second kappa shape index (κ2) is 9.75. The molecule has 0 unspecified atom stereocenters. The van der Waals surface area contributed by atoms with Crippen LogP contribution in [0.1, 0.15) is 27.0 Å². The van der Waals surface area contributed by atoms with E-state index in [9.17, 15) is 9.59 Å². The van der Waals surface area contributed by atoms with Gasteiger partial charge in [0.25, 0.3) is 5.91 Å². The quantitative estimate of drug-likeness (QED) is 0.493. The summed E-state index contributed by atoms with van der Waals surface area (Å²) in [6.45, 7) is 2.54. The van der Waals surface area contributed by atoms with Crippen molar-refractivity contribution in [3.63, 3.8) is 0 Å². The van der Waals surface area contributed by atoms with E-state index in [1.165, 1.54) is 34.4 Å². The summed E-state index contributed by atoms with van der Waals surface area (Å²) in [7, 11) is 1.65. The molecule has 4 rings (SSSR count). The van der Waals surface area contributed by atoms with Crippen LogP contribution in [0.4, 0.5) is 5.69 Å². The monoisotopic (exact) mass is 458 g/mol. The highest BCUT2D eigenvalue weighted by atomic mass is 32.2. The minimum Gasteiger partial charge on any atom is -0.489 e. The Kier molecular flexibility index (Phi) is 6.60. The molecule has 0 atom stereocenters. The first-order valence-electron chi connectivity index (χ1n) is 10.3. The lowest BCUT2D eigenvalue weighted by Gasteiger charge is -2.07. The summed E-state index contributed by atoms with van der Waals surface area (Å²) in [5.41, 5.74) is 3.80. The molecule has 0 bridgehead atoms. The first-order chi connectivity index (χ1) is 15.9. The van der Waals surface area contributed by atoms with E-state index in [-0.39, 0.29) is 11.5 Å². The van der Waals surface area contributed by atoms with Gasteiger partial charge in [-0.25, -0.2) is 9.79 Å². The van der Waals surface area contributed by atoms with Gasteiger partial charge in [-0.1, -0.05) is 48.0 Å². The minimum atomic E-state index is -1.02. The number of aromatic carboxylic acids is 1. The molecule has 1 fully saturated rings. The zero-order chi connectivity index (χ0) is 23.4. The molecule has 166 valence electrons. The van der Waals surface area contributed by atoms with Gasteiger partial charge in [-0.3, -0.25) is 9.69 Å². The number of thioether (sulfide) groups is 1. The second-order valence-electron chi connectivity index (χ2n) is 7.57. The van der Waals surface area contributed by atoms with Crippen LogP contribution in [0.5, 0.6) is 5.75 Å². The Hall–Kier alpha value is -3.84. The van der Waals surface area contributed by atoms with Gasteiger partial charge in [0.05, 0.1) is 16.2 Å². The van der Waals surface area contributed by atoms with E-state index in [4.69, 9.17) is 9.84 Å². The van der Waals surface area contributed by atoms with Crippen molar-refractivity contribution in [3.05, 3.63) is 100.0 Å². The van der Waals surface area contributed by atoms with Crippen LogP contribution in [-0.2, 0) is 11.4 Å². The molecule has 0 saturated carbocycles. The van der Waals surface area contributed by atoms with Gasteiger partial charge >= 0.3 is 5.97 Å². The van der Waals surface area contributed by atoms with Crippen LogP contribution in [-0.4, -0.2) is 34.1 Å². The smallest absolute Gasteiger partial charge is 0.335 e. The third kappa shape index (κ3) is 5.51. The Labute approximate surface area is 196 Å². The summed E-state index contributed by atoms with van der Waals surface area (Å²) in [5, 5.41) is 9.65. The Morgan fingerprint density at radius 3 is 2.58 bits per heavy atom. The van der Waals surface area contributed by atoms with Crippen LogP contribution in [0.25, 0.3) is 6.08 Å². The lowest BCUT2D eigenvalue weighted by atomic mass is 10.1. The van der Waals surface area contributed by atoms with Crippen molar-refractivity contribution >= 4 is 40.6 Å². The molecule has 0 aliphatic carbocycles. The topological polar surface area (TPSA) is 79.2 Å². The van der Waals surface area contributed by atoms with Crippen molar-refractivity contribution in [1.82, 2.24) is 4.90 Å². The Balaban J connectivity index is 1.46. The number of hydrogen-bond donors (Lipinski definition) is 1. The fourth-order valence-corrected chi connectivity index (χ4v) is 4.24. The van der Waals surface area contributed by atoms with E-state index in [0.717, 1.165) is 16.9 Å². The minimum absolute atomic E-state index is 0.147. The average Bonchev–Trinajstić information content (AvgIpc) is 3.06. The van der Waals surface area contributed by atoms with Gasteiger partial charge < -0.3 is 9.84 Å². The van der Waals surface area contributed by atoms with E-state index in [1.54, 1.807) is 19.2 Å². The number of amidine groups is 1. The van der Waals surface area contributed by atoms with Gasteiger partial charge in [0, 0.05) is 7.05 Å². The molecule has 3 aromatic rings. The summed E-state index contributed by atoms with van der Waals surface area (Å²) in [6.07, 6.45) is 1.81. The Bertz CT molecular complexity index is 1270. The number of ether oxygens (including phenoxy) is 1. The molecule has 1 heterocycles. The number of hydrogen-bond acceptors (Lipinski definition) is 5. The molecule has 1 aliphatic rings. The standard InChI is InChI=1S/C26H22N2O4S/c1-17-5-3-6-19(13-17)16-32-22-11-9-18(10-12-22)14-23-24(29)28(2)26(33-23)27-21-8-4-7-20(15-21)25(30)31/h3-15H,16H2,1-2H3,(H,30,31)/b23-14+,27-26?. The maximum Gasteiger partial charge on any atom is 0.335 e. The number of rotatable bonds is 6. The molecule has 1 N–H and O–H groups in total. The van der Waals surface area contributed by atoms with Crippen molar-refractivity contribution in [2.45, 2.75) is 13.5 Å². The maximum atomic E-state index is 12.7. The number of carboxylic acids is 1. The van der Waals surface area contributed by atoms with E-state index in [0.29, 0.717) is 22.4 Å². The molecule has 1 saturated heterocycles. The van der Waals surface area contributed by atoms with Gasteiger partial charge in [0.15, 0.2) is 5.17 Å². The average molecular weight is 459 g/mol. The summed E-state index contributed by atoms with van der Waals surface area (Å²) >= 11 is 1.25. The van der Waals surface area contributed by atoms with Crippen molar-refractivity contribution < 1.29 is 19.4 Å². The van der Waals surface area contributed by atoms with Crippen LogP contribution in [0, 0.1) is 6.92 Å². The zero-order valence-electron chi connectivity index (χ0n) is 18.2. The highest BCUT2D eigenvalue weighted by Gasteiger charge is 2.30. The molecule has 7 heteroatoms. The number of nitrogens with zero attached hydrogens (tertiary/aromatic N) is 2. The molecule has 6 nitrogen and oxygen atoms in total. The van der Waals surface area contributed by atoms with E-state index in [2.05, 4.69) is 24.0 Å². The van der Waals surface area contributed by atoms with Gasteiger partial charge in [-0.15, -0.1) is 0 Å². The largest absolute Gasteiger partial charge is 0.489 e. The third-order valence-corrected chi connectivity index (χ3v) is 6.05. The van der Waals surface area contributed by atoms with Crippen LogP contribution in [0.3, 0.4) is 0 Å². The van der Waals surface area contributed by atoms with Crippen LogP contribution >= 0.6 is 11.8 Å². The molecular weight excluding hydrogens is 436 g/mol. The molecule has 0 radical (unpaired) electrons. The van der Waals surface area contributed by atoms with Gasteiger partial charge in [0.1, 0.15) is 12.4 Å². The van der Waals surface area contributed by atoms with Gasteiger partial charge in [-0.05, 0) is 66.2 Å². The number of amides is 1. The predicted octanol–water partition coefficient (Wildman–Crippen LogP) is 5.51. The first kappa shape index (κ1) is 22.4. The summed E-state index contributed by atoms with van der Waals surface area (Å²) in [6, 6.07) is 22.1. The number of aryl methyl sites for hydroxylation is 1. The lowest BCUT2D eigenvalue weighted by molar-refractivity contribution is -0.121. The van der Waals surface area contributed by atoms with Crippen LogP contribution in [0.2, 0.25) is 0 Å². The first-order valence-corrected chi connectivity index (χ1v) is 11.1. The number of carboxylic acid groups (broad SMARTS) is 1. The number of carbonyl (C=O) groups is 2. The lowest BCUT2D eigenvalue weighted by Crippen LogP contribution is -2.23. The maximum absolute atomic E-state index is 12.7. The molecule has 0 spiro atoms. The fraction of sp³-hybridized carbons (Fsp3) is 0.115. The predicted molar refractivity (Wildman–Crippen MR) is 131 cm³/mol. The molecule has 1 amide bonds. The van der Waals surface area contributed by atoms with E-state index < -0.39 is 5.97 Å². The van der Waals surface area contributed by atoms with Crippen molar-refractivity contribution in [2.24, 2.45) is 4.99 Å². The summed E-state index contributed by atoms with van der Waals surface area (Å²) in [5.74, 6) is -0.429. The Morgan fingerprint density at radius 2 is 1.85 bits per heavy atom. The highest BCUT2D eigenvalue weighted by Crippen LogP contribution is 2.33. The normalized spacial score (nSPS) is 15.9. The van der Waals surface area contributed by atoms with Crippen molar-refractivity contribution in [3.8, 4) is 5.75 Å². The number of likely N-dealkylation sites (N-methyl/N-ethyl adjacent to an activating group) is 1. The van der Waals surface area contributed by atoms with Crippen LogP contribution in [0.15, 0.2) is 82.7 Å². The van der Waals surface area contributed by atoms with Crippen LogP contribution < -0.4 is 4.74 Å². The second-order valence-corrected chi connectivity index (χ2v) is 8.58. The van der Waals surface area contributed by atoms with Gasteiger partial charge in [-0.2, -0.15) is 0 Å². The Morgan fingerprint density at radius 1 is 1.09 bits per heavy atom. The zero-order valence-corrected chi connectivity index (χ0v) is 19.0. The van der Waals surface area contributed by atoms with Gasteiger partial charge in [0.2, 0.25) is 0 Å². The molecule has 0 aromatic heterocycles. The summed E-state index contributed by atoms with van der Waals surface area (Å²) in [4.78, 5) is 30.3. The molecule has 3 aromatic carbocycles. The summed E-state index contributed by atoms with van der Waals surface area (Å²) < 4.78 is 5.86. The fourth-order valence-electron chi connectivity index (χ4n) is 3.25. The number of carbonyl (C=O) groups excluding carboxylic acids is 1. The van der Waals surface area contributed by atoms with E-state index in [1.807, 2.05) is 42.5 Å². The molecular formula is C26H22N2O4S.